The maximum atomic E-state index is 5.84. The second-order valence-corrected chi connectivity index (χ2v) is 4.13. The molecule has 0 bridgehead atoms. The number of piperidine rings is 1. The van der Waals surface area contributed by atoms with Crippen molar-refractivity contribution in [2.75, 3.05) is 13.1 Å². The van der Waals surface area contributed by atoms with Crippen molar-refractivity contribution in [2.45, 2.75) is 24.9 Å². The first kappa shape index (κ1) is 9.33. The minimum absolute atomic E-state index is 0.226. The van der Waals surface area contributed by atoms with E-state index < -0.39 is 0 Å². The van der Waals surface area contributed by atoms with Gasteiger partial charge in [0.15, 0.2) is 0 Å². The van der Waals surface area contributed by atoms with Gasteiger partial charge in [-0.2, -0.15) is 0 Å². The molecule has 1 aromatic rings. The summed E-state index contributed by atoms with van der Waals surface area (Å²) in [5.41, 5.74) is 1.22. The van der Waals surface area contributed by atoms with E-state index in [-0.39, 0.29) is 6.10 Å². The summed E-state index contributed by atoms with van der Waals surface area (Å²) in [6.45, 7) is 2.57. The molecular weight excluding hydrogens is 190 g/mol. The number of fused-ring (bicyclic) bond motifs is 1. The third kappa shape index (κ3) is 2.04. The maximum absolute atomic E-state index is 5.84. The Hall–Kier alpha value is -0.900. The van der Waals surface area contributed by atoms with E-state index in [9.17, 15) is 0 Å². The molecule has 3 atom stereocenters. The van der Waals surface area contributed by atoms with Gasteiger partial charge in [0, 0.05) is 13.1 Å². The topological polar surface area (TPSA) is 33.8 Å². The normalized spacial score (nSPS) is 33.5. The SMILES string of the molecule is c1ccc(CO[C@@H]2CNC[C@H]3O[C@H]23)cc1. The molecule has 1 N–H and O–H groups in total. The Morgan fingerprint density at radius 3 is 3.00 bits per heavy atom. The van der Waals surface area contributed by atoms with Crippen molar-refractivity contribution in [2.24, 2.45) is 0 Å². The molecule has 0 unspecified atom stereocenters. The summed E-state index contributed by atoms with van der Waals surface area (Å²) >= 11 is 0. The Morgan fingerprint density at radius 2 is 2.13 bits per heavy atom. The number of rotatable bonds is 3. The van der Waals surface area contributed by atoms with Crippen molar-refractivity contribution in [1.29, 1.82) is 0 Å². The van der Waals surface area contributed by atoms with E-state index in [1.165, 1.54) is 5.56 Å². The molecule has 80 valence electrons. The fraction of sp³-hybridized carbons (Fsp3) is 0.500. The molecule has 3 heteroatoms. The minimum atomic E-state index is 0.226. The van der Waals surface area contributed by atoms with Crippen molar-refractivity contribution in [3.63, 3.8) is 0 Å². The van der Waals surface area contributed by atoms with Crippen molar-refractivity contribution >= 4 is 0 Å². The zero-order valence-corrected chi connectivity index (χ0v) is 8.56. The predicted octanol–water partition coefficient (Wildman–Crippen LogP) is 0.942. The van der Waals surface area contributed by atoms with Crippen LogP contribution in [0.15, 0.2) is 30.3 Å². The lowest BCUT2D eigenvalue weighted by molar-refractivity contribution is 0.0211. The Labute approximate surface area is 89.4 Å². The number of hydrogen-bond acceptors (Lipinski definition) is 3. The van der Waals surface area contributed by atoms with E-state index in [0.717, 1.165) is 13.1 Å². The Kier molecular flexibility index (Phi) is 2.44. The van der Waals surface area contributed by atoms with E-state index in [2.05, 4.69) is 17.4 Å². The molecule has 0 radical (unpaired) electrons. The Morgan fingerprint density at radius 1 is 1.27 bits per heavy atom. The lowest BCUT2D eigenvalue weighted by Crippen LogP contribution is -2.41. The molecule has 1 aromatic carbocycles. The molecule has 0 aromatic heterocycles. The molecule has 2 saturated heterocycles. The van der Waals surface area contributed by atoms with Gasteiger partial charge in [-0.05, 0) is 5.56 Å². The molecule has 2 aliphatic heterocycles. The van der Waals surface area contributed by atoms with Crippen LogP contribution in [0.25, 0.3) is 0 Å². The molecule has 0 aliphatic carbocycles. The summed E-state index contributed by atoms with van der Waals surface area (Å²) in [5, 5.41) is 3.31. The van der Waals surface area contributed by atoms with E-state index in [0.29, 0.717) is 18.8 Å². The van der Waals surface area contributed by atoms with E-state index in [1.807, 2.05) is 18.2 Å². The summed E-state index contributed by atoms with van der Waals surface area (Å²) in [6, 6.07) is 10.3. The second-order valence-electron chi connectivity index (χ2n) is 4.13. The van der Waals surface area contributed by atoms with Crippen LogP contribution in [0.4, 0.5) is 0 Å². The average Bonchev–Trinajstić information content (AvgIpc) is 3.07. The van der Waals surface area contributed by atoms with Gasteiger partial charge in [0.2, 0.25) is 0 Å². The molecule has 2 aliphatic rings. The van der Waals surface area contributed by atoms with E-state index >= 15 is 0 Å². The van der Waals surface area contributed by atoms with Crippen LogP contribution in [0.5, 0.6) is 0 Å². The van der Waals surface area contributed by atoms with Gasteiger partial charge in [0.25, 0.3) is 0 Å². The summed E-state index contributed by atoms with van der Waals surface area (Å²) < 4.78 is 11.3. The lowest BCUT2D eigenvalue weighted by Gasteiger charge is -2.19. The third-order valence-corrected chi connectivity index (χ3v) is 2.99. The van der Waals surface area contributed by atoms with Gasteiger partial charge in [-0.3, -0.25) is 0 Å². The fourth-order valence-corrected chi connectivity index (χ4v) is 2.06. The predicted molar refractivity (Wildman–Crippen MR) is 56.5 cm³/mol. The molecule has 15 heavy (non-hydrogen) atoms. The second kappa shape index (κ2) is 3.93. The highest BCUT2D eigenvalue weighted by molar-refractivity contribution is 5.13. The first-order valence-electron chi connectivity index (χ1n) is 5.45. The van der Waals surface area contributed by atoms with E-state index in [4.69, 9.17) is 9.47 Å². The van der Waals surface area contributed by atoms with Gasteiger partial charge in [-0.15, -0.1) is 0 Å². The van der Waals surface area contributed by atoms with Crippen molar-refractivity contribution in [3.05, 3.63) is 35.9 Å². The summed E-state index contributed by atoms with van der Waals surface area (Å²) in [5.74, 6) is 0. The first-order valence-corrected chi connectivity index (χ1v) is 5.45. The Balaban J connectivity index is 1.54. The monoisotopic (exact) mass is 205 g/mol. The van der Waals surface area contributed by atoms with E-state index in [1.54, 1.807) is 0 Å². The average molecular weight is 205 g/mol. The third-order valence-electron chi connectivity index (χ3n) is 2.99. The standard InChI is InChI=1S/C12H15NO2/c1-2-4-9(5-3-1)8-14-10-6-13-7-11-12(10)15-11/h1-5,10-13H,6-8H2/t10-,11-,12-/m1/s1. The van der Waals surface area contributed by atoms with Gasteiger partial charge in [-0.25, -0.2) is 0 Å². The van der Waals surface area contributed by atoms with Crippen LogP contribution in [0.2, 0.25) is 0 Å². The van der Waals surface area contributed by atoms with Crippen LogP contribution in [0.1, 0.15) is 5.56 Å². The van der Waals surface area contributed by atoms with Crippen molar-refractivity contribution < 1.29 is 9.47 Å². The van der Waals surface area contributed by atoms with Gasteiger partial charge in [-0.1, -0.05) is 30.3 Å². The summed E-state index contributed by atoms with van der Waals surface area (Å²) in [6.07, 6.45) is 0.971. The number of benzene rings is 1. The lowest BCUT2D eigenvalue weighted by atomic mass is 10.1. The molecule has 3 nitrogen and oxygen atoms in total. The van der Waals surface area contributed by atoms with Crippen LogP contribution in [0.3, 0.4) is 0 Å². The highest BCUT2D eigenvalue weighted by Gasteiger charge is 2.47. The quantitative estimate of drug-likeness (QED) is 0.746. The van der Waals surface area contributed by atoms with Gasteiger partial charge in [0.05, 0.1) is 18.8 Å². The van der Waals surface area contributed by atoms with Crippen LogP contribution in [-0.2, 0) is 16.1 Å². The zero-order valence-electron chi connectivity index (χ0n) is 8.56. The smallest absolute Gasteiger partial charge is 0.113 e. The first-order chi connectivity index (χ1) is 7.43. The maximum Gasteiger partial charge on any atom is 0.113 e. The number of ether oxygens (including phenoxy) is 2. The molecular formula is C12H15NO2. The number of hydrogen-bond donors (Lipinski definition) is 1. The van der Waals surface area contributed by atoms with Gasteiger partial charge >= 0.3 is 0 Å². The molecule has 2 heterocycles. The zero-order chi connectivity index (χ0) is 10.1. The molecule has 2 fully saturated rings. The summed E-state index contributed by atoms with van der Waals surface area (Å²) in [7, 11) is 0. The molecule has 0 saturated carbocycles. The van der Waals surface area contributed by atoms with Gasteiger partial charge < -0.3 is 14.8 Å². The molecule has 0 amide bonds. The highest BCUT2D eigenvalue weighted by atomic mass is 16.6. The minimum Gasteiger partial charge on any atom is -0.369 e. The Bertz CT molecular complexity index is 328. The molecule has 0 spiro atoms. The van der Waals surface area contributed by atoms with Crippen LogP contribution in [-0.4, -0.2) is 31.4 Å². The van der Waals surface area contributed by atoms with Crippen molar-refractivity contribution in [1.82, 2.24) is 5.32 Å². The number of epoxide rings is 1. The highest BCUT2D eigenvalue weighted by Crippen LogP contribution is 2.29. The largest absolute Gasteiger partial charge is 0.369 e. The number of nitrogens with one attached hydrogen (secondary N) is 1. The van der Waals surface area contributed by atoms with Crippen molar-refractivity contribution in [3.8, 4) is 0 Å². The fourth-order valence-electron chi connectivity index (χ4n) is 2.06. The summed E-state index contributed by atoms with van der Waals surface area (Å²) in [4.78, 5) is 0. The van der Waals surface area contributed by atoms with Crippen LogP contribution < -0.4 is 5.32 Å². The van der Waals surface area contributed by atoms with Gasteiger partial charge in [0.1, 0.15) is 6.10 Å². The van der Waals surface area contributed by atoms with Crippen LogP contribution in [0, 0.1) is 0 Å². The van der Waals surface area contributed by atoms with Crippen LogP contribution >= 0.6 is 0 Å². The molecule has 3 rings (SSSR count).